The van der Waals surface area contributed by atoms with E-state index in [1.54, 1.807) is 6.08 Å². The summed E-state index contributed by atoms with van der Waals surface area (Å²) in [6.07, 6.45) is 5.54. The van der Waals surface area contributed by atoms with Gasteiger partial charge in [0.2, 0.25) is 5.95 Å². The SMILES string of the molecule is C=C/C=C(\N=CC)c1ccc2c(c1)c1ccc3sc4c(-c5ccccc5)cccc4c3c1n2-c1nc(-c2ccccc2)nc(-c2ccccc2)n1. The quantitative estimate of drug-likeness (QED) is 0.125. The molecule has 0 fully saturated rings. The Morgan fingerprint density at radius 1 is 0.667 bits per heavy atom. The molecule has 6 aromatic carbocycles. The van der Waals surface area contributed by atoms with Gasteiger partial charge in [-0.15, -0.1) is 11.3 Å². The molecule has 242 valence electrons. The van der Waals surface area contributed by atoms with E-state index in [4.69, 9.17) is 15.0 Å². The number of allylic oxidation sites excluding steroid dienone is 2. The van der Waals surface area contributed by atoms with Crippen LogP contribution in [0.1, 0.15) is 12.5 Å². The van der Waals surface area contributed by atoms with Crippen molar-refractivity contribution in [1.82, 2.24) is 19.5 Å². The average molecular weight is 674 g/mol. The van der Waals surface area contributed by atoms with Crippen LogP contribution in [-0.2, 0) is 0 Å². The Morgan fingerprint density at radius 3 is 1.98 bits per heavy atom. The van der Waals surface area contributed by atoms with Gasteiger partial charge >= 0.3 is 0 Å². The predicted octanol–water partition coefficient (Wildman–Crippen LogP) is 12.0. The van der Waals surface area contributed by atoms with Gasteiger partial charge in [-0.3, -0.25) is 9.56 Å². The molecule has 0 aliphatic heterocycles. The first-order valence-electron chi connectivity index (χ1n) is 16.9. The van der Waals surface area contributed by atoms with E-state index in [0.29, 0.717) is 17.6 Å². The highest BCUT2D eigenvalue weighted by molar-refractivity contribution is 7.26. The number of hydrogen-bond donors (Lipinski definition) is 0. The monoisotopic (exact) mass is 673 g/mol. The van der Waals surface area contributed by atoms with Crippen LogP contribution in [0.15, 0.2) is 163 Å². The first kappa shape index (κ1) is 30.6. The molecule has 3 aromatic heterocycles. The summed E-state index contributed by atoms with van der Waals surface area (Å²) in [6.45, 7) is 5.87. The van der Waals surface area contributed by atoms with Crippen LogP contribution in [-0.4, -0.2) is 25.7 Å². The van der Waals surface area contributed by atoms with Crippen molar-refractivity contribution in [3.63, 3.8) is 0 Å². The lowest BCUT2D eigenvalue weighted by molar-refractivity contribution is 0.955. The molecule has 3 heterocycles. The van der Waals surface area contributed by atoms with Gasteiger partial charge in [-0.05, 0) is 42.3 Å². The molecule has 0 spiro atoms. The van der Waals surface area contributed by atoms with Crippen LogP contribution < -0.4 is 0 Å². The summed E-state index contributed by atoms with van der Waals surface area (Å²) >= 11 is 1.83. The molecule has 0 aliphatic carbocycles. The second kappa shape index (κ2) is 12.8. The van der Waals surface area contributed by atoms with Gasteiger partial charge in [0.1, 0.15) is 0 Å². The number of benzene rings is 6. The predicted molar refractivity (Wildman–Crippen MR) is 216 cm³/mol. The van der Waals surface area contributed by atoms with E-state index in [1.807, 2.05) is 91.2 Å². The summed E-state index contributed by atoms with van der Waals surface area (Å²) in [7, 11) is 0. The normalized spacial score (nSPS) is 12.1. The maximum absolute atomic E-state index is 5.22. The van der Waals surface area contributed by atoms with E-state index in [9.17, 15) is 0 Å². The molecular weight excluding hydrogens is 643 g/mol. The Kier molecular flexibility index (Phi) is 7.64. The van der Waals surface area contributed by atoms with Crippen molar-refractivity contribution in [3.8, 4) is 39.9 Å². The zero-order valence-electron chi connectivity index (χ0n) is 27.9. The summed E-state index contributed by atoms with van der Waals surface area (Å²) in [5, 5.41) is 4.59. The maximum Gasteiger partial charge on any atom is 0.238 e. The summed E-state index contributed by atoms with van der Waals surface area (Å²) in [6, 6.07) is 48.5. The first-order valence-corrected chi connectivity index (χ1v) is 17.7. The van der Waals surface area contributed by atoms with Crippen LogP contribution in [0.3, 0.4) is 0 Å². The molecular formula is C45H31N5S. The number of aromatic nitrogens is 4. The average Bonchev–Trinajstić information content (AvgIpc) is 3.74. The highest BCUT2D eigenvalue weighted by atomic mass is 32.1. The standard InChI is InChI=1S/C45H31N5S/c1-3-15-37(46-4-2)32-24-26-38-36(28-32)34-25-27-39-40(35-23-14-22-33(42(35)51-39)29-16-8-5-9-17-29)41(34)50(38)45-48-43(30-18-10-6-11-19-30)47-44(49-45)31-20-12-7-13-21-31/h3-28H,1H2,2H3/b37-15-,46-4?. The van der Waals surface area contributed by atoms with Crippen LogP contribution >= 0.6 is 11.3 Å². The zero-order valence-corrected chi connectivity index (χ0v) is 28.7. The number of hydrogen-bond acceptors (Lipinski definition) is 5. The third kappa shape index (κ3) is 5.25. The topological polar surface area (TPSA) is 56.0 Å². The van der Waals surface area contributed by atoms with Crippen LogP contribution in [0.5, 0.6) is 0 Å². The molecule has 0 saturated carbocycles. The number of nitrogens with zero attached hydrogens (tertiary/aromatic N) is 5. The lowest BCUT2D eigenvalue weighted by atomic mass is 10.0. The number of thiophene rings is 1. The van der Waals surface area contributed by atoms with Crippen molar-refractivity contribution in [2.75, 3.05) is 0 Å². The largest absolute Gasteiger partial charge is 0.277 e. The van der Waals surface area contributed by atoms with Crippen LogP contribution in [0.4, 0.5) is 0 Å². The summed E-state index contributed by atoms with van der Waals surface area (Å²) < 4.78 is 4.69. The molecule has 0 unspecified atom stereocenters. The van der Waals surface area contributed by atoms with Crippen LogP contribution in [0, 0.1) is 0 Å². The lowest BCUT2D eigenvalue weighted by Gasteiger charge is -2.12. The van der Waals surface area contributed by atoms with Crippen molar-refractivity contribution in [3.05, 3.63) is 164 Å². The summed E-state index contributed by atoms with van der Waals surface area (Å²) in [5.74, 6) is 1.80. The number of fused-ring (bicyclic) bond motifs is 7. The minimum Gasteiger partial charge on any atom is -0.277 e. The smallest absolute Gasteiger partial charge is 0.238 e. The van der Waals surface area contributed by atoms with E-state index in [1.165, 1.54) is 31.3 Å². The molecule has 9 aromatic rings. The second-order valence-corrected chi connectivity index (χ2v) is 13.3. The Hall–Kier alpha value is -6.50. The molecule has 6 heteroatoms. The molecule has 0 radical (unpaired) electrons. The van der Waals surface area contributed by atoms with Gasteiger partial charge < -0.3 is 0 Å². The molecule has 0 aliphatic rings. The Labute approximate surface area is 299 Å². The van der Waals surface area contributed by atoms with E-state index in [2.05, 4.69) is 95.0 Å². The van der Waals surface area contributed by atoms with E-state index in [0.717, 1.165) is 44.2 Å². The third-order valence-electron chi connectivity index (χ3n) is 9.20. The molecule has 0 N–H and O–H groups in total. The highest BCUT2D eigenvalue weighted by Gasteiger charge is 2.23. The highest BCUT2D eigenvalue weighted by Crippen LogP contribution is 2.46. The van der Waals surface area contributed by atoms with Gasteiger partial charge in [0.25, 0.3) is 0 Å². The van der Waals surface area contributed by atoms with Crippen molar-refractivity contribution in [2.24, 2.45) is 4.99 Å². The van der Waals surface area contributed by atoms with Crippen molar-refractivity contribution < 1.29 is 0 Å². The van der Waals surface area contributed by atoms with Gasteiger partial charge in [0.05, 0.1) is 16.7 Å². The summed E-state index contributed by atoms with van der Waals surface area (Å²) in [5.41, 5.74) is 8.20. The fourth-order valence-electron chi connectivity index (χ4n) is 6.96. The van der Waals surface area contributed by atoms with E-state index < -0.39 is 0 Å². The Balaban J connectivity index is 1.43. The molecule has 0 bridgehead atoms. The van der Waals surface area contributed by atoms with Gasteiger partial charge in [-0.1, -0.05) is 134 Å². The van der Waals surface area contributed by atoms with Crippen molar-refractivity contribution >= 4 is 65.2 Å². The van der Waals surface area contributed by atoms with E-state index in [-0.39, 0.29) is 0 Å². The first-order chi connectivity index (χ1) is 25.2. The fraction of sp³-hybridized carbons (Fsp3) is 0.0222. The minimum atomic E-state index is 0.565. The second-order valence-electron chi connectivity index (χ2n) is 12.2. The zero-order chi connectivity index (χ0) is 34.3. The Morgan fingerprint density at radius 2 is 1.33 bits per heavy atom. The number of rotatable bonds is 7. The summed E-state index contributed by atoms with van der Waals surface area (Å²) in [4.78, 5) is 20.1. The Bertz CT molecular complexity index is 2750. The number of aliphatic imine (C=N–C) groups is 1. The van der Waals surface area contributed by atoms with Crippen molar-refractivity contribution in [1.29, 1.82) is 0 Å². The molecule has 9 rings (SSSR count). The third-order valence-corrected chi connectivity index (χ3v) is 10.4. The molecule has 0 amide bonds. The van der Waals surface area contributed by atoms with Gasteiger partial charge in [-0.2, -0.15) is 9.97 Å². The van der Waals surface area contributed by atoms with Crippen molar-refractivity contribution in [2.45, 2.75) is 6.92 Å². The fourth-order valence-corrected chi connectivity index (χ4v) is 8.20. The van der Waals surface area contributed by atoms with Gasteiger partial charge in [0.15, 0.2) is 11.6 Å². The van der Waals surface area contributed by atoms with Gasteiger partial charge in [0, 0.05) is 53.8 Å². The molecule has 51 heavy (non-hydrogen) atoms. The van der Waals surface area contributed by atoms with Crippen LogP contribution in [0.25, 0.3) is 87.5 Å². The minimum absolute atomic E-state index is 0.565. The molecule has 0 atom stereocenters. The lowest BCUT2D eigenvalue weighted by Crippen LogP contribution is -2.06. The molecule has 5 nitrogen and oxygen atoms in total. The maximum atomic E-state index is 5.22. The molecule has 0 saturated heterocycles. The van der Waals surface area contributed by atoms with Gasteiger partial charge in [-0.25, -0.2) is 4.98 Å². The van der Waals surface area contributed by atoms with E-state index >= 15 is 0 Å². The van der Waals surface area contributed by atoms with Crippen LogP contribution in [0.2, 0.25) is 0 Å².